The van der Waals surface area contributed by atoms with Gasteiger partial charge in [-0.25, -0.2) is 0 Å². The molecular weight excluding hydrogens is 240 g/mol. The third-order valence-electron chi connectivity index (χ3n) is 2.90. The van der Waals surface area contributed by atoms with Gasteiger partial charge in [-0.1, -0.05) is 37.5 Å². The molecular formula is C15H22N2O2. The molecule has 0 aliphatic rings. The maximum atomic E-state index is 11.7. The van der Waals surface area contributed by atoms with Gasteiger partial charge in [0.1, 0.15) is 0 Å². The van der Waals surface area contributed by atoms with Crippen LogP contribution in [0.3, 0.4) is 0 Å². The Balaban J connectivity index is 2.47. The molecule has 0 unspecified atom stereocenters. The third-order valence-corrected chi connectivity index (χ3v) is 2.90. The normalized spacial score (nSPS) is 10.1. The zero-order valence-corrected chi connectivity index (χ0v) is 11.9. The van der Waals surface area contributed by atoms with E-state index in [1.54, 1.807) is 0 Å². The summed E-state index contributed by atoms with van der Waals surface area (Å²) >= 11 is 0. The Morgan fingerprint density at radius 1 is 1.11 bits per heavy atom. The molecule has 0 radical (unpaired) electrons. The number of unbranched alkanes of at least 4 members (excludes halogenated alkanes) is 2. The van der Waals surface area contributed by atoms with E-state index >= 15 is 0 Å². The van der Waals surface area contributed by atoms with Crippen LogP contribution in [-0.4, -0.2) is 18.4 Å². The Labute approximate surface area is 114 Å². The average Bonchev–Trinajstić information content (AvgIpc) is 2.37. The SMILES string of the molecule is CCCCCNC(=O)C(=O)Nc1ccc(C)cc1C. The summed E-state index contributed by atoms with van der Waals surface area (Å²) in [5.41, 5.74) is 2.76. The van der Waals surface area contributed by atoms with Gasteiger partial charge >= 0.3 is 11.8 Å². The first-order valence-electron chi connectivity index (χ1n) is 6.71. The summed E-state index contributed by atoms with van der Waals surface area (Å²) in [7, 11) is 0. The average molecular weight is 262 g/mol. The van der Waals surface area contributed by atoms with Crippen molar-refractivity contribution < 1.29 is 9.59 Å². The molecule has 0 aromatic heterocycles. The van der Waals surface area contributed by atoms with Crippen LogP contribution in [0.4, 0.5) is 5.69 Å². The van der Waals surface area contributed by atoms with Gasteiger partial charge in [-0.2, -0.15) is 0 Å². The Hall–Kier alpha value is -1.84. The van der Waals surface area contributed by atoms with Crippen molar-refractivity contribution in [1.29, 1.82) is 0 Å². The van der Waals surface area contributed by atoms with E-state index in [1.165, 1.54) is 0 Å². The minimum absolute atomic E-state index is 0.549. The molecule has 0 spiro atoms. The monoisotopic (exact) mass is 262 g/mol. The van der Waals surface area contributed by atoms with Crippen LogP contribution in [0.15, 0.2) is 18.2 Å². The number of anilines is 1. The second-order valence-corrected chi connectivity index (χ2v) is 4.74. The van der Waals surface area contributed by atoms with Crippen molar-refractivity contribution in [3.8, 4) is 0 Å². The number of rotatable bonds is 5. The van der Waals surface area contributed by atoms with Crippen LogP contribution in [0.1, 0.15) is 37.3 Å². The summed E-state index contributed by atoms with van der Waals surface area (Å²) in [6, 6.07) is 5.68. The summed E-state index contributed by atoms with van der Waals surface area (Å²) in [5.74, 6) is -1.18. The van der Waals surface area contributed by atoms with Crippen LogP contribution in [0.5, 0.6) is 0 Å². The molecule has 1 aromatic carbocycles. The summed E-state index contributed by atoms with van der Waals surface area (Å²) in [5, 5.41) is 5.24. The highest BCUT2D eigenvalue weighted by molar-refractivity contribution is 6.39. The van der Waals surface area contributed by atoms with E-state index in [2.05, 4.69) is 17.6 Å². The minimum Gasteiger partial charge on any atom is -0.348 e. The van der Waals surface area contributed by atoms with E-state index in [4.69, 9.17) is 0 Å². The molecule has 0 aliphatic heterocycles. The lowest BCUT2D eigenvalue weighted by molar-refractivity contribution is -0.136. The standard InChI is InChI=1S/C15H22N2O2/c1-4-5-6-9-16-14(18)15(19)17-13-8-7-11(2)10-12(13)3/h7-8,10H,4-6,9H2,1-3H3,(H,16,18)(H,17,19). The highest BCUT2D eigenvalue weighted by atomic mass is 16.2. The molecule has 1 aromatic rings. The molecule has 0 heterocycles. The first-order valence-corrected chi connectivity index (χ1v) is 6.71. The Morgan fingerprint density at radius 3 is 2.47 bits per heavy atom. The van der Waals surface area contributed by atoms with Crippen molar-refractivity contribution >= 4 is 17.5 Å². The number of nitrogens with one attached hydrogen (secondary N) is 2. The van der Waals surface area contributed by atoms with Gasteiger partial charge < -0.3 is 10.6 Å². The predicted octanol–water partition coefficient (Wildman–Crippen LogP) is 2.55. The van der Waals surface area contributed by atoms with Gasteiger partial charge in [0.2, 0.25) is 0 Å². The zero-order chi connectivity index (χ0) is 14.3. The minimum atomic E-state index is -0.608. The van der Waals surface area contributed by atoms with E-state index in [9.17, 15) is 9.59 Å². The Morgan fingerprint density at radius 2 is 1.84 bits per heavy atom. The number of aryl methyl sites for hydroxylation is 2. The summed E-state index contributed by atoms with van der Waals surface area (Å²) < 4.78 is 0. The molecule has 0 saturated heterocycles. The lowest BCUT2D eigenvalue weighted by Crippen LogP contribution is -2.36. The van der Waals surface area contributed by atoms with Gasteiger partial charge in [0, 0.05) is 12.2 Å². The van der Waals surface area contributed by atoms with Crippen molar-refractivity contribution in [3.05, 3.63) is 29.3 Å². The van der Waals surface area contributed by atoms with Crippen LogP contribution >= 0.6 is 0 Å². The summed E-state index contributed by atoms with van der Waals surface area (Å²) in [4.78, 5) is 23.3. The van der Waals surface area contributed by atoms with Crippen LogP contribution in [0.2, 0.25) is 0 Å². The molecule has 0 bridgehead atoms. The maximum Gasteiger partial charge on any atom is 0.313 e. The summed E-state index contributed by atoms with van der Waals surface area (Å²) in [6.45, 7) is 6.53. The van der Waals surface area contributed by atoms with Gasteiger partial charge in [-0.3, -0.25) is 9.59 Å². The quantitative estimate of drug-likeness (QED) is 0.633. The van der Waals surface area contributed by atoms with E-state index in [1.807, 2.05) is 32.0 Å². The van der Waals surface area contributed by atoms with Crippen LogP contribution < -0.4 is 10.6 Å². The number of benzene rings is 1. The van der Waals surface area contributed by atoms with Gasteiger partial charge in [-0.15, -0.1) is 0 Å². The van der Waals surface area contributed by atoms with Gasteiger partial charge in [-0.05, 0) is 31.9 Å². The highest BCUT2D eigenvalue weighted by Crippen LogP contribution is 2.15. The lowest BCUT2D eigenvalue weighted by Gasteiger charge is -2.09. The van der Waals surface area contributed by atoms with Crippen molar-refractivity contribution in [1.82, 2.24) is 5.32 Å². The molecule has 104 valence electrons. The summed E-state index contributed by atoms with van der Waals surface area (Å²) in [6.07, 6.45) is 3.04. The first-order chi connectivity index (χ1) is 9.04. The molecule has 2 N–H and O–H groups in total. The first kappa shape index (κ1) is 15.2. The third kappa shape index (κ3) is 5.12. The molecule has 19 heavy (non-hydrogen) atoms. The largest absolute Gasteiger partial charge is 0.348 e. The van der Waals surface area contributed by atoms with Crippen LogP contribution in [0, 0.1) is 13.8 Å². The maximum absolute atomic E-state index is 11.7. The Bertz CT molecular complexity index is 455. The Kier molecular flexibility index (Phi) is 6.06. The van der Waals surface area contributed by atoms with Crippen molar-refractivity contribution in [2.45, 2.75) is 40.0 Å². The van der Waals surface area contributed by atoms with E-state index < -0.39 is 11.8 Å². The molecule has 4 nitrogen and oxygen atoms in total. The van der Waals surface area contributed by atoms with Crippen LogP contribution in [-0.2, 0) is 9.59 Å². The number of carbonyl (C=O) groups is 2. The smallest absolute Gasteiger partial charge is 0.313 e. The molecule has 4 heteroatoms. The van der Waals surface area contributed by atoms with Crippen molar-refractivity contribution in [2.75, 3.05) is 11.9 Å². The number of amides is 2. The number of carbonyl (C=O) groups excluding carboxylic acids is 2. The van der Waals surface area contributed by atoms with E-state index in [0.29, 0.717) is 12.2 Å². The lowest BCUT2D eigenvalue weighted by atomic mass is 10.1. The van der Waals surface area contributed by atoms with E-state index in [0.717, 1.165) is 30.4 Å². The van der Waals surface area contributed by atoms with E-state index in [-0.39, 0.29) is 0 Å². The van der Waals surface area contributed by atoms with Crippen molar-refractivity contribution in [2.24, 2.45) is 0 Å². The second kappa shape index (κ2) is 7.56. The van der Waals surface area contributed by atoms with Gasteiger partial charge in [0.05, 0.1) is 0 Å². The molecule has 0 atom stereocenters. The molecule has 2 amide bonds. The predicted molar refractivity (Wildman–Crippen MR) is 77.1 cm³/mol. The fourth-order valence-corrected chi connectivity index (χ4v) is 1.79. The topological polar surface area (TPSA) is 58.2 Å². The second-order valence-electron chi connectivity index (χ2n) is 4.74. The number of hydrogen-bond acceptors (Lipinski definition) is 2. The molecule has 1 rings (SSSR count). The molecule has 0 fully saturated rings. The molecule has 0 aliphatic carbocycles. The van der Waals surface area contributed by atoms with Gasteiger partial charge in [0.25, 0.3) is 0 Å². The fraction of sp³-hybridized carbons (Fsp3) is 0.467. The molecule has 0 saturated carbocycles. The zero-order valence-electron chi connectivity index (χ0n) is 11.9. The highest BCUT2D eigenvalue weighted by Gasteiger charge is 2.13. The number of hydrogen-bond donors (Lipinski definition) is 2. The van der Waals surface area contributed by atoms with Gasteiger partial charge in [0.15, 0.2) is 0 Å². The van der Waals surface area contributed by atoms with Crippen molar-refractivity contribution in [3.63, 3.8) is 0 Å². The fourth-order valence-electron chi connectivity index (χ4n) is 1.79. The van der Waals surface area contributed by atoms with Crippen LogP contribution in [0.25, 0.3) is 0 Å².